The Kier molecular flexibility index (Phi) is 3.99. The Morgan fingerprint density at radius 1 is 1.56 bits per heavy atom. The van der Waals surface area contributed by atoms with Crippen LogP contribution in [0.5, 0.6) is 5.75 Å². The van der Waals surface area contributed by atoms with Gasteiger partial charge in [0.15, 0.2) is 16.6 Å². The lowest BCUT2D eigenvalue weighted by Crippen LogP contribution is -2.07. The summed E-state index contributed by atoms with van der Waals surface area (Å²) < 4.78 is 9.59. The lowest BCUT2D eigenvalue weighted by molar-refractivity contribution is 0.344. The molecule has 2 heterocycles. The number of rotatable bonds is 5. The third kappa shape index (κ3) is 2.70. The molecular formula is C12H16N4OS. The molecule has 0 fully saturated rings. The Morgan fingerprint density at radius 3 is 3.06 bits per heavy atom. The average Bonchev–Trinajstić information content (AvgIpc) is 2.73. The molecule has 6 heteroatoms. The van der Waals surface area contributed by atoms with E-state index in [2.05, 4.69) is 21.6 Å². The number of nitrogens with zero attached hydrogens (tertiary/aromatic N) is 2. The molecule has 0 bridgehead atoms. The summed E-state index contributed by atoms with van der Waals surface area (Å²) in [7, 11) is 0. The molecule has 0 aromatic carbocycles. The topological polar surface area (TPSA) is 73.1 Å². The van der Waals surface area contributed by atoms with Crippen molar-refractivity contribution in [2.24, 2.45) is 0 Å². The van der Waals surface area contributed by atoms with Crippen molar-refractivity contribution in [2.75, 3.05) is 17.7 Å². The Balaban J connectivity index is 2.14. The number of anilines is 2. The number of nitrogen functional groups attached to an aromatic ring is 1. The van der Waals surface area contributed by atoms with Gasteiger partial charge in [-0.2, -0.15) is 4.37 Å². The molecule has 0 amide bonds. The summed E-state index contributed by atoms with van der Waals surface area (Å²) in [6.45, 7) is 4.55. The first-order chi connectivity index (χ1) is 8.72. The van der Waals surface area contributed by atoms with Gasteiger partial charge in [-0.3, -0.25) is 4.98 Å². The molecule has 3 N–H and O–H groups in total. The number of aromatic nitrogens is 2. The van der Waals surface area contributed by atoms with Crippen molar-refractivity contribution < 1.29 is 4.74 Å². The Bertz CT molecular complexity index is 500. The van der Waals surface area contributed by atoms with Crippen molar-refractivity contribution in [3.05, 3.63) is 30.1 Å². The highest BCUT2D eigenvalue weighted by Gasteiger charge is 2.15. The summed E-state index contributed by atoms with van der Waals surface area (Å²) in [5, 5.41) is 4.20. The second kappa shape index (κ2) is 5.68. The molecule has 0 aliphatic rings. The second-order valence-corrected chi connectivity index (χ2v) is 4.58. The lowest BCUT2D eigenvalue weighted by atomic mass is 10.1. The van der Waals surface area contributed by atoms with Gasteiger partial charge in [0.05, 0.1) is 12.6 Å². The largest absolute Gasteiger partial charge is 0.487 e. The van der Waals surface area contributed by atoms with Gasteiger partial charge in [-0.25, -0.2) is 0 Å². The minimum Gasteiger partial charge on any atom is -0.487 e. The molecular weight excluding hydrogens is 248 g/mol. The molecule has 0 aliphatic heterocycles. The number of pyridine rings is 1. The van der Waals surface area contributed by atoms with Gasteiger partial charge < -0.3 is 15.8 Å². The molecule has 96 valence electrons. The van der Waals surface area contributed by atoms with Crippen LogP contribution < -0.4 is 15.8 Å². The highest BCUT2D eigenvalue weighted by atomic mass is 32.1. The van der Waals surface area contributed by atoms with Crippen molar-refractivity contribution in [1.29, 1.82) is 0 Å². The first kappa shape index (κ1) is 12.6. The van der Waals surface area contributed by atoms with E-state index in [9.17, 15) is 0 Å². The van der Waals surface area contributed by atoms with E-state index in [0.717, 1.165) is 10.6 Å². The Morgan fingerprint density at radius 2 is 2.39 bits per heavy atom. The first-order valence-electron chi connectivity index (χ1n) is 5.76. The molecule has 5 nitrogen and oxygen atoms in total. The third-order valence-corrected chi connectivity index (χ3v) is 3.27. The summed E-state index contributed by atoms with van der Waals surface area (Å²) in [5.74, 6) is 1.07. The summed E-state index contributed by atoms with van der Waals surface area (Å²) in [6.07, 6.45) is 3.59. The molecule has 1 atom stereocenters. The second-order valence-electron chi connectivity index (χ2n) is 3.81. The molecule has 0 saturated carbocycles. The normalized spacial score (nSPS) is 12.1. The molecule has 0 saturated heterocycles. The summed E-state index contributed by atoms with van der Waals surface area (Å²) in [4.78, 5) is 4.10. The molecule has 18 heavy (non-hydrogen) atoms. The highest BCUT2D eigenvalue weighted by molar-refractivity contribution is 7.11. The minimum absolute atomic E-state index is 0.123. The summed E-state index contributed by atoms with van der Waals surface area (Å²) >= 11 is 1.31. The van der Waals surface area contributed by atoms with E-state index in [1.54, 1.807) is 6.20 Å². The Labute approximate surface area is 110 Å². The van der Waals surface area contributed by atoms with E-state index in [1.165, 1.54) is 11.5 Å². The van der Waals surface area contributed by atoms with Gasteiger partial charge in [0.25, 0.3) is 0 Å². The van der Waals surface area contributed by atoms with Crippen LogP contribution in [0.3, 0.4) is 0 Å². The fourth-order valence-electron chi connectivity index (χ4n) is 1.58. The van der Waals surface area contributed by atoms with Crippen LogP contribution in [-0.4, -0.2) is 16.0 Å². The maximum atomic E-state index is 5.76. The van der Waals surface area contributed by atoms with Gasteiger partial charge in [-0.1, -0.05) is 6.07 Å². The number of ether oxygens (including phenoxy) is 1. The maximum absolute atomic E-state index is 5.76. The number of hydrogen-bond donors (Lipinski definition) is 2. The molecule has 2 rings (SSSR count). The zero-order valence-corrected chi connectivity index (χ0v) is 11.2. The van der Waals surface area contributed by atoms with Crippen LogP contribution in [0.4, 0.5) is 10.8 Å². The molecule has 1 unspecified atom stereocenters. The van der Waals surface area contributed by atoms with Crippen molar-refractivity contribution in [1.82, 2.24) is 9.36 Å². The van der Waals surface area contributed by atoms with Crippen LogP contribution in [0.25, 0.3) is 0 Å². The summed E-state index contributed by atoms with van der Waals surface area (Å²) in [5.41, 5.74) is 6.87. The van der Waals surface area contributed by atoms with Gasteiger partial charge >= 0.3 is 0 Å². The predicted molar refractivity (Wildman–Crippen MR) is 74.0 cm³/mol. The smallest absolute Gasteiger partial charge is 0.197 e. The van der Waals surface area contributed by atoms with E-state index in [0.29, 0.717) is 18.2 Å². The van der Waals surface area contributed by atoms with Crippen molar-refractivity contribution in [2.45, 2.75) is 19.9 Å². The van der Waals surface area contributed by atoms with Crippen LogP contribution in [0.15, 0.2) is 24.5 Å². The van der Waals surface area contributed by atoms with Crippen LogP contribution in [0.2, 0.25) is 0 Å². The fraction of sp³-hybridized carbons (Fsp3) is 0.333. The van der Waals surface area contributed by atoms with Crippen LogP contribution >= 0.6 is 11.5 Å². The van der Waals surface area contributed by atoms with Gasteiger partial charge in [-0.05, 0) is 37.0 Å². The van der Waals surface area contributed by atoms with E-state index >= 15 is 0 Å². The highest BCUT2D eigenvalue weighted by Crippen LogP contribution is 2.37. The SMILES string of the molecule is CCOc1c(N)nsc1NC(C)c1cccnc1. The average molecular weight is 264 g/mol. The van der Waals surface area contributed by atoms with Gasteiger partial charge in [0.2, 0.25) is 0 Å². The first-order valence-corrected chi connectivity index (χ1v) is 6.54. The van der Waals surface area contributed by atoms with Gasteiger partial charge in [-0.15, -0.1) is 0 Å². The van der Waals surface area contributed by atoms with E-state index < -0.39 is 0 Å². The van der Waals surface area contributed by atoms with Crippen molar-refractivity contribution >= 4 is 22.4 Å². The van der Waals surface area contributed by atoms with Gasteiger partial charge in [0.1, 0.15) is 0 Å². The maximum Gasteiger partial charge on any atom is 0.197 e. The lowest BCUT2D eigenvalue weighted by Gasteiger charge is -2.14. The van der Waals surface area contributed by atoms with Gasteiger partial charge in [0, 0.05) is 12.4 Å². The van der Waals surface area contributed by atoms with E-state index in [4.69, 9.17) is 10.5 Å². The molecule has 0 spiro atoms. The molecule has 2 aromatic rings. The minimum atomic E-state index is 0.123. The molecule has 0 radical (unpaired) electrons. The quantitative estimate of drug-likeness (QED) is 0.868. The third-order valence-electron chi connectivity index (χ3n) is 2.49. The zero-order chi connectivity index (χ0) is 13.0. The Hall–Kier alpha value is -1.82. The molecule has 0 aliphatic carbocycles. The van der Waals surface area contributed by atoms with Crippen molar-refractivity contribution in [3.63, 3.8) is 0 Å². The van der Waals surface area contributed by atoms with E-state index in [-0.39, 0.29) is 6.04 Å². The van der Waals surface area contributed by atoms with Crippen LogP contribution in [0, 0.1) is 0 Å². The van der Waals surface area contributed by atoms with Crippen LogP contribution in [0.1, 0.15) is 25.5 Å². The predicted octanol–water partition coefficient (Wildman–Crippen LogP) is 2.69. The van der Waals surface area contributed by atoms with Crippen molar-refractivity contribution in [3.8, 4) is 5.75 Å². The molecule has 2 aromatic heterocycles. The zero-order valence-electron chi connectivity index (χ0n) is 10.4. The standard InChI is InChI=1S/C12H16N4OS/c1-3-17-10-11(13)16-18-12(10)15-8(2)9-5-4-6-14-7-9/h4-8,15H,3H2,1-2H3,(H2,13,16). The monoisotopic (exact) mass is 264 g/mol. The number of nitrogens with one attached hydrogen (secondary N) is 1. The van der Waals surface area contributed by atoms with Crippen LogP contribution in [-0.2, 0) is 0 Å². The number of nitrogens with two attached hydrogens (primary N) is 1. The summed E-state index contributed by atoms with van der Waals surface area (Å²) in [6, 6.07) is 4.06. The number of hydrogen-bond acceptors (Lipinski definition) is 6. The fourth-order valence-corrected chi connectivity index (χ4v) is 2.33. The van der Waals surface area contributed by atoms with E-state index in [1.807, 2.05) is 25.3 Å².